The Bertz CT molecular complexity index is 1180. The second-order valence-corrected chi connectivity index (χ2v) is 11.3. The van der Waals surface area contributed by atoms with Gasteiger partial charge in [0, 0.05) is 50.5 Å². The Balaban J connectivity index is 0.973. The number of anilines is 1. The van der Waals surface area contributed by atoms with Crippen molar-refractivity contribution >= 4 is 41.1 Å². The van der Waals surface area contributed by atoms with Crippen LogP contribution >= 0.6 is 0 Å². The van der Waals surface area contributed by atoms with Crippen molar-refractivity contribution in [2.75, 3.05) is 51.4 Å². The minimum absolute atomic E-state index is 0.0694. The largest absolute Gasteiger partial charge is 0.379 e. The van der Waals surface area contributed by atoms with Crippen LogP contribution in [-0.4, -0.2) is 91.3 Å². The first-order valence-corrected chi connectivity index (χ1v) is 15.2. The summed E-state index contributed by atoms with van der Waals surface area (Å²) in [6.07, 6.45) is 4.60. The number of carbonyl (C=O) groups excluding carboxylic acids is 6. The molecule has 1 aromatic rings. The van der Waals surface area contributed by atoms with Gasteiger partial charge in [-0.05, 0) is 42.9 Å². The van der Waals surface area contributed by atoms with Crippen molar-refractivity contribution in [3.63, 3.8) is 0 Å². The number of nitrogens with one attached hydrogen (secondary N) is 2. The molecule has 234 valence electrons. The highest BCUT2D eigenvalue weighted by Crippen LogP contribution is 2.42. The molecular weight excluding hydrogens is 556 g/mol. The molecule has 0 bridgehead atoms. The standard InChI is InChI=1S/C31H42N4O8/c1-21-29(23-3-2-4-23)31(41)35(30(21)40)15-11-25(36)32-14-18-43-20-19-42-17-13-26(37)33-24-8-5-22(6-9-24)7-10-27(38)34-16-12-28(34)39/h5-6,8-9,21,23,29H,2-4,7,10-20H2,1H3,(H,32,36)(H,33,37). The number of hydrogen-bond acceptors (Lipinski definition) is 8. The number of ether oxygens (including phenoxy) is 2. The van der Waals surface area contributed by atoms with Crippen LogP contribution in [0.25, 0.3) is 0 Å². The Morgan fingerprint density at radius 2 is 1.60 bits per heavy atom. The molecule has 0 spiro atoms. The lowest BCUT2D eigenvalue weighted by Crippen LogP contribution is -2.47. The molecule has 2 atom stereocenters. The van der Waals surface area contributed by atoms with Gasteiger partial charge in [0.05, 0.1) is 38.8 Å². The van der Waals surface area contributed by atoms with E-state index in [1.807, 2.05) is 19.1 Å². The summed E-state index contributed by atoms with van der Waals surface area (Å²) < 4.78 is 10.9. The molecular formula is C31H42N4O8. The summed E-state index contributed by atoms with van der Waals surface area (Å²) in [5.74, 6) is -1.23. The highest BCUT2D eigenvalue weighted by atomic mass is 16.5. The van der Waals surface area contributed by atoms with E-state index in [1.54, 1.807) is 12.1 Å². The Hall–Kier alpha value is -3.64. The number of nitrogens with zero attached hydrogens (tertiary/aromatic N) is 2. The summed E-state index contributed by atoms with van der Waals surface area (Å²) in [5, 5.41) is 5.54. The number of likely N-dealkylation sites (tertiary alicyclic amines) is 2. The van der Waals surface area contributed by atoms with Gasteiger partial charge in [0.2, 0.25) is 35.4 Å². The van der Waals surface area contributed by atoms with E-state index in [9.17, 15) is 28.8 Å². The van der Waals surface area contributed by atoms with E-state index in [0.717, 1.165) is 24.8 Å². The molecule has 3 fully saturated rings. The Labute approximate surface area is 251 Å². The second kappa shape index (κ2) is 15.7. The van der Waals surface area contributed by atoms with Crippen LogP contribution in [-0.2, 0) is 44.7 Å². The summed E-state index contributed by atoms with van der Waals surface area (Å²) in [5.41, 5.74) is 1.60. The van der Waals surface area contributed by atoms with Crippen LogP contribution in [0.1, 0.15) is 57.4 Å². The Kier molecular flexibility index (Phi) is 11.8. The van der Waals surface area contributed by atoms with Crippen LogP contribution in [0.5, 0.6) is 0 Å². The number of benzene rings is 1. The number of aryl methyl sites for hydroxylation is 1. The summed E-state index contributed by atoms with van der Waals surface area (Å²) in [6, 6.07) is 7.24. The maximum absolute atomic E-state index is 12.7. The fourth-order valence-corrected chi connectivity index (χ4v) is 5.53. The van der Waals surface area contributed by atoms with Crippen molar-refractivity contribution in [1.82, 2.24) is 15.1 Å². The predicted octanol–water partition coefficient (Wildman–Crippen LogP) is 1.67. The lowest BCUT2D eigenvalue weighted by Gasteiger charge is -2.31. The van der Waals surface area contributed by atoms with Crippen molar-refractivity contribution in [2.24, 2.45) is 17.8 Å². The third-order valence-corrected chi connectivity index (χ3v) is 8.40. The zero-order valence-electron chi connectivity index (χ0n) is 24.8. The molecule has 2 N–H and O–H groups in total. The van der Waals surface area contributed by atoms with E-state index >= 15 is 0 Å². The summed E-state index contributed by atoms with van der Waals surface area (Å²) >= 11 is 0. The van der Waals surface area contributed by atoms with E-state index in [0.29, 0.717) is 57.4 Å². The smallest absolute Gasteiger partial charge is 0.233 e. The molecule has 6 amide bonds. The van der Waals surface area contributed by atoms with Gasteiger partial charge in [-0.15, -0.1) is 0 Å². The Morgan fingerprint density at radius 3 is 2.23 bits per heavy atom. The highest BCUT2D eigenvalue weighted by molar-refractivity contribution is 6.05. The molecule has 2 unspecified atom stereocenters. The first kappa shape index (κ1) is 32.3. The Morgan fingerprint density at radius 1 is 0.884 bits per heavy atom. The van der Waals surface area contributed by atoms with Gasteiger partial charge in [0.25, 0.3) is 0 Å². The van der Waals surface area contributed by atoms with Gasteiger partial charge in [0.15, 0.2) is 0 Å². The molecule has 0 aromatic heterocycles. The van der Waals surface area contributed by atoms with Gasteiger partial charge >= 0.3 is 0 Å². The van der Waals surface area contributed by atoms with Gasteiger partial charge in [-0.1, -0.05) is 25.5 Å². The number of β-lactam (4-membered cyclic amide) rings is 1. The van der Waals surface area contributed by atoms with Crippen LogP contribution in [0.2, 0.25) is 0 Å². The third kappa shape index (κ3) is 8.93. The number of hydrogen-bond donors (Lipinski definition) is 2. The molecule has 43 heavy (non-hydrogen) atoms. The summed E-state index contributed by atoms with van der Waals surface area (Å²) in [7, 11) is 0. The zero-order chi connectivity index (χ0) is 30.8. The molecule has 2 saturated heterocycles. The summed E-state index contributed by atoms with van der Waals surface area (Å²) in [6.45, 7) is 3.87. The highest BCUT2D eigenvalue weighted by Gasteiger charge is 2.49. The van der Waals surface area contributed by atoms with Crippen molar-refractivity contribution in [2.45, 2.75) is 58.3 Å². The number of rotatable bonds is 17. The molecule has 1 saturated carbocycles. The van der Waals surface area contributed by atoms with Gasteiger partial charge in [-0.3, -0.25) is 38.6 Å². The molecule has 12 heteroatoms. The van der Waals surface area contributed by atoms with E-state index < -0.39 is 0 Å². The van der Waals surface area contributed by atoms with Gasteiger partial charge in [-0.25, -0.2) is 0 Å². The monoisotopic (exact) mass is 598 g/mol. The number of imide groups is 2. The van der Waals surface area contributed by atoms with Crippen molar-refractivity contribution in [3.05, 3.63) is 29.8 Å². The van der Waals surface area contributed by atoms with Crippen molar-refractivity contribution < 1.29 is 38.2 Å². The lowest BCUT2D eigenvalue weighted by molar-refractivity contribution is -0.152. The van der Waals surface area contributed by atoms with Crippen LogP contribution in [0.15, 0.2) is 24.3 Å². The van der Waals surface area contributed by atoms with E-state index in [1.165, 1.54) is 9.80 Å². The SMILES string of the molecule is CC1C(=O)N(CCC(=O)NCCOCCOCCC(=O)Nc2ccc(CCC(=O)N3CCC3=O)cc2)C(=O)C1C1CCC1. The quantitative estimate of drug-likeness (QED) is 0.156. The summed E-state index contributed by atoms with van der Waals surface area (Å²) in [4.78, 5) is 75.3. The van der Waals surface area contributed by atoms with Crippen LogP contribution in [0, 0.1) is 17.8 Å². The molecule has 12 nitrogen and oxygen atoms in total. The lowest BCUT2D eigenvalue weighted by atomic mass is 9.72. The average Bonchev–Trinajstić information content (AvgIpc) is 3.15. The maximum Gasteiger partial charge on any atom is 0.233 e. The first-order chi connectivity index (χ1) is 20.7. The van der Waals surface area contributed by atoms with Crippen LogP contribution < -0.4 is 10.6 Å². The maximum atomic E-state index is 12.7. The van der Waals surface area contributed by atoms with Crippen molar-refractivity contribution in [3.8, 4) is 0 Å². The zero-order valence-corrected chi connectivity index (χ0v) is 24.8. The fraction of sp³-hybridized carbons (Fsp3) is 0.613. The van der Waals surface area contributed by atoms with Crippen molar-refractivity contribution in [1.29, 1.82) is 0 Å². The first-order valence-electron chi connectivity index (χ1n) is 15.2. The molecule has 0 radical (unpaired) electrons. The fourth-order valence-electron chi connectivity index (χ4n) is 5.53. The topological polar surface area (TPSA) is 151 Å². The normalized spacial score (nSPS) is 20.2. The molecule has 1 aliphatic carbocycles. The van der Waals surface area contributed by atoms with Gasteiger partial charge in [0.1, 0.15) is 0 Å². The molecule has 3 aliphatic rings. The number of amides is 6. The predicted molar refractivity (Wildman–Crippen MR) is 155 cm³/mol. The second-order valence-electron chi connectivity index (χ2n) is 11.3. The van der Waals surface area contributed by atoms with Crippen LogP contribution in [0.4, 0.5) is 5.69 Å². The van der Waals surface area contributed by atoms with E-state index in [4.69, 9.17) is 9.47 Å². The molecule has 2 aliphatic heterocycles. The minimum Gasteiger partial charge on any atom is -0.379 e. The average molecular weight is 599 g/mol. The third-order valence-electron chi connectivity index (χ3n) is 8.40. The number of carbonyl (C=O) groups is 6. The van der Waals surface area contributed by atoms with E-state index in [-0.39, 0.29) is 79.7 Å². The molecule has 1 aromatic carbocycles. The molecule has 2 heterocycles. The van der Waals surface area contributed by atoms with Gasteiger partial charge in [-0.2, -0.15) is 0 Å². The van der Waals surface area contributed by atoms with Gasteiger partial charge < -0.3 is 20.1 Å². The van der Waals surface area contributed by atoms with Crippen LogP contribution in [0.3, 0.4) is 0 Å². The molecule has 4 rings (SSSR count). The minimum atomic E-state index is -0.302. The van der Waals surface area contributed by atoms with E-state index in [2.05, 4.69) is 10.6 Å².